The number of hydrogen-bond acceptors (Lipinski definition) is 7. The van der Waals surface area contributed by atoms with E-state index in [2.05, 4.69) is 59.4 Å². The van der Waals surface area contributed by atoms with Gasteiger partial charge in [0.2, 0.25) is 0 Å². The van der Waals surface area contributed by atoms with E-state index in [1.807, 2.05) is 0 Å². The van der Waals surface area contributed by atoms with Crippen molar-refractivity contribution in [3.63, 3.8) is 0 Å². The highest BCUT2D eigenvalue weighted by Gasteiger charge is 2.23. The molecular formula is C24H37N5O2. The summed E-state index contributed by atoms with van der Waals surface area (Å²) < 4.78 is 0. The van der Waals surface area contributed by atoms with Gasteiger partial charge >= 0.3 is 0 Å². The number of anilines is 3. The van der Waals surface area contributed by atoms with E-state index in [-0.39, 0.29) is 11.5 Å². The first-order valence-corrected chi connectivity index (χ1v) is 11.5. The lowest BCUT2D eigenvalue weighted by atomic mass is 10.1. The number of phenols is 2. The molecule has 0 atom stereocenters. The van der Waals surface area contributed by atoms with E-state index in [1.165, 1.54) is 11.8 Å². The van der Waals surface area contributed by atoms with Gasteiger partial charge in [0.25, 0.3) is 0 Å². The highest BCUT2D eigenvalue weighted by Crippen LogP contribution is 2.32. The topological polar surface area (TPSA) is 66.3 Å². The van der Waals surface area contributed by atoms with Crippen molar-refractivity contribution in [2.45, 2.75) is 34.2 Å². The van der Waals surface area contributed by atoms with E-state index >= 15 is 0 Å². The number of benzene rings is 1. The SMILES string of the molecule is CCN(CC)c1ccc(N(CC)CC)c(N2CCN(Cc3cc(O)ccc3O)CC2)n1. The number of aromatic hydroxyl groups is 2. The van der Waals surface area contributed by atoms with Gasteiger partial charge in [-0.15, -0.1) is 0 Å². The molecule has 1 saturated heterocycles. The Morgan fingerprint density at radius 2 is 1.48 bits per heavy atom. The van der Waals surface area contributed by atoms with Gasteiger partial charge in [0.05, 0.1) is 5.69 Å². The first-order valence-electron chi connectivity index (χ1n) is 11.5. The molecule has 7 heteroatoms. The average Bonchev–Trinajstić information content (AvgIpc) is 2.79. The van der Waals surface area contributed by atoms with Crippen molar-refractivity contribution in [1.29, 1.82) is 0 Å². The molecule has 0 spiro atoms. The lowest BCUT2D eigenvalue weighted by molar-refractivity contribution is 0.246. The van der Waals surface area contributed by atoms with Crippen LogP contribution in [0.4, 0.5) is 17.3 Å². The Hall–Kier alpha value is -2.67. The Bertz CT molecular complexity index is 844. The molecule has 31 heavy (non-hydrogen) atoms. The Kier molecular flexibility index (Phi) is 7.85. The van der Waals surface area contributed by atoms with E-state index in [1.54, 1.807) is 12.1 Å². The molecule has 170 valence electrons. The van der Waals surface area contributed by atoms with Crippen LogP contribution in [0.25, 0.3) is 0 Å². The van der Waals surface area contributed by atoms with Crippen LogP contribution in [0.2, 0.25) is 0 Å². The van der Waals surface area contributed by atoms with Gasteiger partial charge in [-0.25, -0.2) is 4.98 Å². The molecule has 1 aromatic heterocycles. The van der Waals surface area contributed by atoms with Crippen molar-refractivity contribution in [3.8, 4) is 11.5 Å². The van der Waals surface area contributed by atoms with Crippen LogP contribution in [0.15, 0.2) is 30.3 Å². The third kappa shape index (κ3) is 5.34. The van der Waals surface area contributed by atoms with Gasteiger partial charge in [-0.05, 0) is 58.0 Å². The molecular weight excluding hydrogens is 390 g/mol. The standard InChI is InChI=1S/C24H37N5O2/c1-5-27(6-2)21-10-12-23(28(7-3)8-4)25-24(21)29-15-13-26(14-16-29)18-19-17-20(30)9-11-22(19)31/h9-12,17,30-31H,5-8,13-16,18H2,1-4H3. The van der Waals surface area contributed by atoms with Crippen LogP contribution >= 0.6 is 0 Å². The van der Waals surface area contributed by atoms with Crippen molar-refractivity contribution in [2.75, 3.05) is 67.1 Å². The van der Waals surface area contributed by atoms with Gasteiger partial charge in [0, 0.05) is 64.5 Å². The van der Waals surface area contributed by atoms with Crippen LogP contribution in [-0.2, 0) is 6.54 Å². The highest BCUT2D eigenvalue weighted by atomic mass is 16.3. The Morgan fingerprint density at radius 1 is 0.839 bits per heavy atom. The first kappa shape index (κ1) is 23.0. The summed E-state index contributed by atoms with van der Waals surface area (Å²) in [4.78, 5) is 14.5. The summed E-state index contributed by atoms with van der Waals surface area (Å²) in [6.07, 6.45) is 0. The number of nitrogens with zero attached hydrogens (tertiary/aromatic N) is 5. The third-order valence-electron chi connectivity index (χ3n) is 6.16. The van der Waals surface area contributed by atoms with Crippen LogP contribution in [0, 0.1) is 0 Å². The van der Waals surface area contributed by atoms with Gasteiger partial charge < -0.3 is 24.9 Å². The highest BCUT2D eigenvalue weighted by molar-refractivity contribution is 5.70. The molecule has 1 aromatic carbocycles. The summed E-state index contributed by atoms with van der Waals surface area (Å²) in [6, 6.07) is 9.08. The van der Waals surface area contributed by atoms with E-state index < -0.39 is 0 Å². The lowest BCUT2D eigenvalue weighted by Crippen LogP contribution is -2.47. The lowest BCUT2D eigenvalue weighted by Gasteiger charge is -2.38. The molecule has 2 heterocycles. The molecule has 7 nitrogen and oxygen atoms in total. The Labute approximate surface area is 186 Å². The van der Waals surface area contributed by atoms with Gasteiger partial charge in [-0.3, -0.25) is 4.90 Å². The van der Waals surface area contributed by atoms with Crippen molar-refractivity contribution in [3.05, 3.63) is 35.9 Å². The molecule has 0 unspecified atom stereocenters. The maximum absolute atomic E-state index is 10.1. The molecule has 0 radical (unpaired) electrons. The second-order valence-corrected chi connectivity index (χ2v) is 7.93. The van der Waals surface area contributed by atoms with E-state index in [4.69, 9.17) is 4.98 Å². The zero-order chi connectivity index (χ0) is 22.4. The second-order valence-electron chi connectivity index (χ2n) is 7.93. The average molecular weight is 428 g/mol. The summed E-state index contributed by atoms with van der Waals surface area (Å²) >= 11 is 0. The quantitative estimate of drug-likeness (QED) is 0.594. The fourth-order valence-electron chi connectivity index (χ4n) is 4.26. The van der Waals surface area contributed by atoms with Crippen molar-refractivity contribution in [1.82, 2.24) is 9.88 Å². The van der Waals surface area contributed by atoms with Crippen molar-refractivity contribution < 1.29 is 10.2 Å². The molecule has 0 amide bonds. The molecule has 0 bridgehead atoms. The molecule has 0 saturated carbocycles. The number of phenolic OH excluding ortho intramolecular Hbond substituents is 2. The number of rotatable bonds is 9. The van der Waals surface area contributed by atoms with Crippen LogP contribution in [-0.4, -0.2) is 72.5 Å². The van der Waals surface area contributed by atoms with Crippen LogP contribution in [0.1, 0.15) is 33.3 Å². The predicted molar refractivity (Wildman–Crippen MR) is 129 cm³/mol. The smallest absolute Gasteiger partial charge is 0.154 e. The summed E-state index contributed by atoms with van der Waals surface area (Å²) in [5, 5.41) is 19.9. The fraction of sp³-hybridized carbons (Fsp3) is 0.542. The minimum absolute atomic E-state index is 0.188. The van der Waals surface area contributed by atoms with E-state index in [0.29, 0.717) is 6.54 Å². The zero-order valence-corrected chi connectivity index (χ0v) is 19.4. The molecule has 0 aliphatic carbocycles. The normalized spacial score (nSPS) is 14.6. The van der Waals surface area contributed by atoms with Crippen molar-refractivity contribution >= 4 is 17.3 Å². The summed E-state index contributed by atoms with van der Waals surface area (Å²) in [7, 11) is 0. The zero-order valence-electron chi connectivity index (χ0n) is 19.4. The predicted octanol–water partition coefficient (Wildman–Crippen LogP) is 3.51. The fourth-order valence-corrected chi connectivity index (χ4v) is 4.26. The van der Waals surface area contributed by atoms with Crippen molar-refractivity contribution in [2.24, 2.45) is 0 Å². The summed E-state index contributed by atoms with van der Waals surface area (Å²) in [5.74, 6) is 2.52. The number of pyridine rings is 1. The monoisotopic (exact) mass is 427 g/mol. The molecule has 3 rings (SSSR count). The molecule has 1 fully saturated rings. The first-order chi connectivity index (χ1) is 15.0. The summed E-state index contributed by atoms with van der Waals surface area (Å²) in [6.45, 7) is 16.6. The van der Waals surface area contributed by atoms with Gasteiger partial charge in [-0.1, -0.05) is 0 Å². The van der Waals surface area contributed by atoms with Gasteiger partial charge in [0.15, 0.2) is 5.82 Å². The third-order valence-corrected chi connectivity index (χ3v) is 6.16. The van der Waals surface area contributed by atoms with Crippen LogP contribution < -0.4 is 14.7 Å². The molecule has 1 aliphatic heterocycles. The van der Waals surface area contributed by atoms with Crippen LogP contribution in [0.3, 0.4) is 0 Å². The molecule has 1 aliphatic rings. The minimum Gasteiger partial charge on any atom is -0.508 e. The van der Waals surface area contributed by atoms with E-state index in [9.17, 15) is 10.2 Å². The number of piperazine rings is 1. The molecule has 2 aromatic rings. The maximum Gasteiger partial charge on any atom is 0.154 e. The van der Waals surface area contributed by atoms with E-state index in [0.717, 1.165) is 69.6 Å². The van der Waals surface area contributed by atoms with Gasteiger partial charge in [0.1, 0.15) is 17.3 Å². The number of hydrogen-bond donors (Lipinski definition) is 2. The Balaban J connectivity index is 1.78. The summed E-state index contributed by atoms with van der Waals surface area (Å²) in [5.41, 5.74) is 1.96. The van der Waals surface area contributed by atoms with Crippen LogP contribution in [0.5, 0.6) is 11.5 Å². The second kappa shape index (κ2) is 10.6. The molecule has 2 N–H and O–H groups in total. The maximum atomic E-state index is 10.1. The minimum atomic E-state index is 0.188. The largest absolute Gasteiger partial charge is 0.508 e. The number of aromatic nitrogens is 1. The Morgan fingerprint density at radius 3 is 2.10 bits per heavy atom. The van der Waals surface area contributed by atoms with Gasteiger partial charge in [-0.2, -0.15) is 0 Å².